The van der Waals surface area contributed by atoms with Crippen LogP contribution in [0.25, 0.3) is 21.8 Å². The number of fused-ring (bicyclic) bond motifs is 4. The van der Waals surface area contributed by atoms with Gasteiger partial charge in [-0.2, -0.15) is 0 Å². The average molecular weight is 595 g/mol. The van der Waals surface area contributed by atoms with Crippen LogP contribution in [0, 0.1) is 25.1 Å². The van der Waals surface area contributed by atoms with Crippen molar-refractivity contribution in [1.29, 1.82) is 0 Å². The van der Waals surface area contributed by atoms with Crippen LogP contribution in [0.4, 0.5) is 4.39 Å². The molecule has 8 heteroatoms. The molecule has 0 aliphatic carbocycles. The monoisotopic (exact) mass is 594 g/mol. The lowest BCUT2D eigenvalue weighted by Crippen LogP contribution is -2.33. The standard InChI is InChI=1S/C36H39FN4O3/c1-7-26-20-41(19-25-17-30(37)28-10-8-9-11-29(28)34(25)44-26)18-24-16-23(13-12-21(24)2)32(36(4,5)35(42)43)27-14-15-31-33(22(27)3)38-39-40(31)6/h8-17,26,32H,7,18-20H2,1-6H3,(H,42,43)/t26-,32?/m1/s1. The molecule has 4 aromatic carbocycles. The fourth-order valence-corrected chi connectivity index (χ4v) is 6.70. The average Bonchev–Trinajstić information content (AvgIpc) is 3.28. The van der Waals surface area contributed by atoms with Crippen LogP contribution in [-0.2, 0) is 24.9 Å². The largest absolute Gasteiger partial charge is 0.488 e. The van der Waals surface area contributed by atoms with Gasteiger partial charge in [-0.1, -0.05) is 60.7 Å². The van der Waals surface area contributed by atoms with Crippen LogP contribution < -0.4 is 4.74 Å². The molecule has 1 unspecified atom stereocenters. The van der Waals surface area contributed by atoms with E-state index in [2.05, 4.69) is 41.2 Å². The molecular weight excluding hydrogens is 555 g/mol. The molecule has 0 bridgehead atoms. The number of aliphatic carboxylic acids is 1. The first kappa shape index (κ1) is 29.8. The Kier molecular flexibility index (Phi) is 7.66. The molecule has 0 saturated carbocycles. The summed E-state index contributed by atoms with van der Waals surface area (Å²) < 4.78 is 23.4. The summed E-state index contributed by atoms with van der Waals surface area (Å²) in [6.45, 7) is 11.6. The first-order chi connectivity index (χ1) is 21.0. The van der Waals surface area contributed by atoms with Crippen molar-refractivity contribution < 1.29 is 19.0 Å². The van der Waals surface area contributed by atoms with E-state index in [1.807, 2.05) is 50.4 Å². The number of carboxylic acid groups (broad SMARTS) is 1. The predicted molar refractivity (Wildman–Crippen MR) is 170 cm³/mol. The zero-order valence-corrected chi connectivity index (χ0v) is 26.2. The van der Waals surface area contributed by atoms with E-state index in [4.69, 9.17) is 4.74 Å². The Morgan fingerprint density at radius 3 is 2.59 bits per heavy atom. The van der Waals surface area contributed by atoms with Crippen LogP contribution in [0.15, 0.2) is 60.7 Å². The fourth-order valence-electron chi connectivity index (χ4n) is 6.70. The first-order valence-electron chi connectivity index (χ1n) is 15.2. The summed E-state index contributed by atoms with van der Waals surface area (Å²) in [5.41, 5.74) is 6.41. The molecule has 2 heterocycles. The highest BCUT2D eigenvalue weighted by Gasteiger charge is 2.40. The second-order valence-electron chi connectivity index (χ2n) is 12.7. The SMILES string of the molecule is CC[C@@H]1CN(Cc2cc(C(c3ccc4c(nnn4C)c3C)C(C)(C)C(=O)O)ccc2C)Cc2cc(F)c3ccccc3c2O1. The third kappa shape index (κ3) is 5.11. The number of carbonyl (C=O) groups is 1. The van der Waals surface area contributed by atoms with Crippen molar-refractivity contribution in [3.05, 3.63) is 99.9 Å². The Balaban J connectivity index is 1.41. The zero-order chi connectivity index (χ0) is 31.3. The maximum absolute atomic E-state index is 15.2. The molecule has 5 aromatic rings. The second kappa shape index (κ2) is 11.3. The van der Waals surface area contributed by atoms with E-state index < -0.39 is 17.3 Å². The lowest BCUT2D eigenvalue weighted by Gasteiger charge is -2.33. The van der Waals surface area contributed by atoms with E-state index in [0.29, 0.717) is 25.0 Å². The number of aromatic nitrogens is 3. The van der Waals surface area contributed by atoms with E-state index in [1.165, 1.54) is 0 Å². The van der Waals surface area contributed by atoms with Gasteiger partial charge < -0.3 is 9.84 Å². The zero-order valence-electron chi connectivity index (χ0n) is 26.2. The van der Waals surface area contributed by atoms with Crippen LogP contribution in [-0.4, -0.2) is 43.6 Å². The number of halogens is 1. The van der Waals surface area contributed by atoms with Gasteiger partial charge in [-0.25, -0.2) is 9.07 Å². The van der Waals surface area contributed by atoms with Gasteiger partial charge in [0, 0.05) is 48.9 Å². The maximum Gasteiger partial charge on any atom is 0.310 e. The summed E-state index contributed by atoms with van der Waals surface area (Å²) in [5, 5.41) is 20.4. The second-order valence-corrected chi connectivity index (χ2v) is 12.7. The summed E-state index contributed by atoms with van der Waals surface area (Å²) in [5.74, 6) is -0.780. The lowest BCUT2D eigenvalue weighted by atomic mass is 9.69. The number of hydrogen-bond donors (Lipinski definition) is 1. The smallest absolute Gasteiger partial charge is 0.310 e. The van der Waals surface area contributed by atoms with Crippen molar-refractivity contribution in [3.8, 4) is 5.75 Å². The van der Waals surface area contributed by atoms with Gasteiger partial charge in [0.25, 0.3) is 0 Å². The lowest BCUT2D eigenvalue weighted by molar-refractivity contribution is -0.147. The van der Waals surface area contributed by atoms with Crippen LogP contribution in [0.5, 0.6) is 5.75 Å². The van der Waals surface area contributed by atoms with Crippen molar-refractivity contribution in [2.24, 2.45) is 12.5 Å². The minimum absolute atomic E-state index is 0.0475. The number of carboxylic acids is 1. The van der Waals surface area contributed by atoms with Gasteiger partial charge in [-0.3, -0.25) is 9.69 Å². The first-order valence-corrected chi connectivity index (χ1v) is 15.2. The molecular formula is C36H39FN4O3. The number of nitrogens with zero attached hydrogens (tertiary/aromatic N) is 4. The predicted octanol–water partition coefficient (Wildman–Crippen LogP) is 7.29. The van der Waals surface area contributed by atoms with E-state index >= 15 is 4.39 Å². The topological polar surface area (TPSA) is 80.5 Å². The quantitative estimate of drug-likeness (QED) is 0.213. The van der Waals surface area contributed by atoms with Crippen molar-refractivity contribution in [2.45, 2.75) is 66.2 Å². The van der Waals surface area contributed by atoms with Crippen molar-refractivity contribution in [2.75, 3.05) is 6.54 Å². The highest BCUT2D eigenvalue weighted by molar-refractivity contribution is 5.90. The normalized spacial score (nSPS) is 16.5. The Morgan fingerprint density at radius 2 is 1.86 bits per heavy atom. The summed E-state index contributed by atoms with van der Waals surface area (Å²) in [4.78, 5) is 15.0. The summed E-state index contributed by atoms with van der Waals surface area (Å²) in [6, 6.07) is 19.4. The van der Waals surface area contributed by atoms with Gasteiger partial charge in [0.15, 0.2) is 0 Å². The number of benzene rings is 4. The molecule has 6 rings (SSSR count). The Hall–Kier alpha value is -4.30. The van der Waals surface area contributed by atoms with Gasteiger partial charge in [0.1, 0.15) is 23.2 Å². The summed E-state index contributed by atoms with van der Waals surface area (Å²) >= 11 is 0. The molecule has 0 spiro atoms. The molecule has 0 radical (unpaired) electrons. The minimum Gasteiger partial charge on any atom is -0.488 e. The van der Waals surface area contributed by atoms with Crippen LogP contribution in [0.1, 0.15) is 66.5 Å². The molecule has 1 aromatic heterocycles. The third-order valence-electron chi connectivity index (χ3n) is 9.38. The van der Waals surface area contributed by atoms with Crippen LogP contribution in [0.2, 0.25) is 0 Å². The van der Waals surface area contributed by atoms with Crippen LogP contribution in [0.3, 0.4) is 0 Å². The minimum atomic E-state index is -1.10. The fraction of sp³-hybridized carbons (Fsp3) is 0.361. The molecule has 228 valence electrons. The van der Waals surface area contributed by atoms with E-state index in [1.54, 1.807) is 30.7 Å². The number of ether oxygens (including phenoxy) is 1. The Morgan fingerprint density at radius 1 is 1.11 bits per heavy atom. The molecule has 0 amide bonds. The number of rotatable bonds is 7. The van der Waals surface area contributed by atoms with Crippen molar-refractivity contribution >= 4 is 27.8 Å². The van der Waals surface area contributed by atoms with Crippen molar-refractivity contribution in [1.82, 2.24) is 19.9 Å². The molecule has 1 aliphatic heterocycles. The Bertz CT molecular complexity index is 1900. The molecule has 0 saturated heterocycles. The highest BCUT2D eigenvalue weighted by Crippen LogP contribution is 2.44. The molecule has 0 fully saturated rings. The molecule has 1 N–H and O–H groups in total. The number of aryl methyl sites for hydroxylation is 3. The highest BCUT2D eigenvalue weighted by atomic mass is 19.1. The van der Waals surface area contributed by atoms with Crippen LogP contribution >= 0.6 is 0 Å². The maximum atomic E-state index is 15.2. The van der Waals surface area contributed by atoms with Gasteiger partial charge in [0.05, 0.1) is 10.9 Å². The third-order valence-corrected chi connectivity index (χ3v) is 9.38. The number of hydrogen-bond acceptors (Lipinski definition) is 5. The molecule has 7 nitrogen and oxygen atoms in total. The van der Waals surface area contributed by atoms with E-state index in [-0.39, 0.29) is 11.9 Å². The molecule has 1 aliphatic rings. The Labute approximate surface area is 257 Å². The molecule has 44 heavy (non-hydrogen) atoms. The van der Waals surface area contributed by atoms with E-state index in [0.717, 1.165) is 62.0 Å². The van der Waals surface area contributed by atoms with Gasteiger partial charge >= 0.3 is 5.97 Å². The van der Waals surface area contributed by atoms with Gasteiger partial charge in [-0.05, 0) is 74.1 Å². The van der Waals surface area contributed by atoms with Crippen molar-refractivity contribution in [3.63, 3.8) is 0 Å². The summed E-state index contributed by atoms with van der Waals surface area (Å²) in [6.07, 6.45) is 0.772. The molecule has 2 atom stereocenters. The van der Waals surface area contributed by atoms with E-state index in [9.17, 15) is 9.90 Å². The van der Waals surface area contributed by atoms with Gasteiger partial charge in [-0.15, -0.1) is 5.10 Å². The summed E-state index contributed by atoms with van der Waals surface area (Å²) in [7, 11) is 1.85. The van der Waals surface area contributed by atoms with Gasteiger partial charge in [0.2, 0.25) is 0 Å².